The van der Waals surface area contributed by atoms with Gasteiger partial charge in [-0.3, -0.25) is 4.79 Å². The van der Waals surface area contributed by atoms with E-state index in [-0.39, 0.29) is 5.82 Å². The molecule has 6 nitrogen and oxygen atoms in total. The van der Waals surface area contributed by atoms with Gasteiger partial charge in [-0.1, -0.05) is 12.1 Å². The molecule has 7 heteroatoms. The number of nitrogens with one attached hydrogen (secondary N) is 1. The van der Waals surface area contributed by atoms with Crippen LogP contribution < -0.4 is 0 Å². The highest BCUT2D eigenvalue weighted by molar-refractivity contribution is 7.91. The lowest BCUT2D eigenvalue weighted by atomic mass is 10.3. The maximum Gasteiger partial charge on any atom is 0.318 e. The van der Waals surface area contributed by atoms with E-state index in [4.69, 9.17) is 5.11 Å². The zero-order chi connectivity index (χ0) is 12.5. The van der Waals surface area contributed by atoms with Crippen LogP contribution in [0.3, 0.4) is 0 Å². The predicted molar refractivity (Wildman–Crippen MR) is 61.2 cm³/mol. The number of hydrogen-bond acceptors (Lipinski definition) is 4. The van der Waals surface area contributed by atoms with Crippen molar-refractivity contribution in [2.24, 2.45) is 0 Å². The number of imidazole rings is 1. The fourth-order valence-electron chi connectivity index (χ4n) is 1.52. The molecule has 0 radical (unpaired) electrons. The molecule has 90 valence electrons. The fraction of sp³-hybridized carbons (Fsp3) is 0.200. The smallest absolute Gasteiger partial charge is 0.318 e. The van der Waals surface area contributed by atoms with E-state index in [1.54, 1.807) is 24.3 Å². The van der Waals surface area contributed by atoms with E-state index >= 15 is 0 Å². The second-order valence-corrected chi connectivity index (χ2v) is 5.69. The first kappa shape index (κ1) is 11.6. The van der Waals surface area contributed by atoms with Crippen LogP contribution in [-0.2, 0) is 20.4 Å². The zero-order valence-corrected chi connectivity index (χ0v) is 9.57. The Balaban J connectivity index is 2.27. The van der Waals surface area contributed by atoms with Gasteiger partial charge in [0.1, 0.15) is 17.3 Å². The summed E-state index contributed by atoms with van der Waals surface area (Å²) in [5, 5.41) is 8.46. The Labute approximate surface area is 97.2 Å². The molecule has 0 saturated carbocycles. The number of nitrogens with zero attached hydrogens (tertiary/aromatic N) is 1. The van der Waals surface area contributed by atoms with Gasteiger partial charge in [-0.25, -0.2) is 13.4 Å². The lowest BCUT2D eigenvalue weighted by molar-refractivity contribution is -0.134. The normalized spacial score (nSPS) is 11.8. The van der Waals surface area contributed by atoms with Gasteiger partial charge in [0.25, 0.3) is 0 Å². The number of sulfone groups is 1. The quantitative estimate of drug-likeness (QED) is 0.830. The Morgan fingerprint density at radius 2 is 2.06 bits per heavy atom. The first-order valence-corrected chi connectivity index (χ1v) is 6.64. The third kappa shape index (κ3) is 2.82. The molecule has 0 aliphatic carbocycles. The summed E-state index contributed by atoms with van der Waals surface area (Å²) in [7, 11) is -3.67. The van der Waals surface area contributed by atoms with Crippen LogP contribution in [0.2, 0.25) is 0 Å². The van der Waals surface area contributed by atoms with Crippen molar-refractivity contribution in [3.8, 4) is 0 Å². The van der Waals surface area contributed by atoms with E-state index in [0.717, 1.165) is 5.52 Å². The van der Waals surface area contributed by atoms with E-state index in [9.17, 15) is 13.2 Å². The number of benzene rings is 1. The Hall–Kier alpha value is -1.89. The number of aromatic amines is 1. The van der Waals surface area contributed by atoms with Crippen molar-refractivity contribution in [3.63, 3.8) is 0 Å². The first-order valence-electron chi connectivity index (χ1n) is 4.82. The van der Waals surface area contributed by atoms with Crippen LogP contribution >= 0.6 is 0 Å². The number of carboxylic acids is 1. The number of para-hydroxylation sites is 2. The fourth-order valence-corrected chi connectivity index (χ4v) is 2.55. The molecule has 0 fully saturated rings. The molecule has 1 aromatic heterocycles. The van der Waals surface area contributed by atoms with E-state index < -0.39 is 27.3 Å². The molecule has 1 heterocycles. The summed E-state index contributed by atoms with van der Waals surface area (Å²) in [5.74, 6) is -2.38. The average molecular weight is 254 g/mol. The molecule has 0 bridgehead atoms. The summed E-state index contributed by atoms with van der Waals surface area (Å²) in [6.07, 6.45) is 0. The third-order valence-corrected chi connectivity index (χ3v) is 3.54. The highest BCUT2D eigenvalue weighted by Gasteiger charge is 2.18. The molecule has 0 aliphatic rings. The standard InChI is InChI=1S/C10H10N2O4S/c13-10(14)6-17(15,16)5-9-11-7-3-1-2-4-8(7)12-9/h1-4H,5-6H2,(H,11,12)(H,13,14). The Morgan fingerprint density at radius 3 is 2.71 bits per heavy atom. The number of aliphatic carboxylic acids is 1. The molecule has 2 aromatic rings. The maximum atomic E-state index is 11.4. The Morgan fingerprint density at radius 1 is 1.35 bits per heavy atom. The van der Waals surface area contributed by atoms with Crippen LogP contribution in [0.15, 0.2) is 24.3 Å². The summed E-state index contributed by atoms with van der Waals surface area (Å²) in [5.41, 5.74) is 1.39. The molecule has 2 N–H and O–H groups in total. The largest absolute Gasteiger partial charge is 0.480 e. The van der Waals surface area contributed by atoms with Crippen molar-refractivity contribution >= 4 is 26.8 Å². The van der Waals surface area contributed by atoms with Crippen LogP contribution in [0, 0.1) is 0 Å². The zero-order valence-electron chi connectivity index (χ0n) is 8.75. The van der Waals surface area contributed by atoms with Crippen molar-refractivity contribution in [1.82, 2.24) is 9.97 Å². The highest BCUT2D eigenvalue weighted by atomic mass is 32.2. The average Bonchev–Trinajstić information content (AvgIpc) is 2.55. The van der Waals surface area contributed by atoms with Crippen molar-refractivity contribution in [2.45, 2.75) is 5.75 Å². The topological polar surface area (TPSA) is 100 Å². The SMILES string of the molecule is O=C(O)CS(=O)(=O)Cc1nc2ccccc2[nH]1. The number of carbonyl (C=O) groups is 1. The number of hydrogen-bond donors (Lipinski definition) is 2. The summed E-state index contributed by atoms with van der Waals surface area (Å²) in [6.45, 7) is 0. The molecule has 0 spiro atoms. The minimum atomic E-state index is -3.67. The predicted octanol–water partition coefficient (Wildman–Crippen LogP) is 0.562. The van der Waals surface area contributed by atoms with E-state index in [1.807, 2.05) is 0 Å². The molecule has 0 unspecified atom stereocenters. The van der Waals surface area contributed by atoms with Crippen LogP contribution in [0.4, 0.5) is 0 Å². The highest BCUT2D eigenvalue weighted by Crippen LogP contribution is 2.12. The summed E-state index contributed by atoms with van der Waals surface area (Å²) < 4.78 is 22.9. The lowest BCUT2D eigenvalue weighted by Gasteiger charge is -1.97. The third-order valence-electron chi connectivity index (χ3n) is 2.14. The summed E-state index contributed by atoms with van der Waals surface area (Å²) in [4.78, 5) is 17.3. The van der Waals surface area contributed by atoms with Gasteiger partial charge in [-0.15, -0.1) is 0 Å². The molecule has 0 aliphatic heterocycles. The minimum Gasteiger partial charge on any atom is -0.480 e. The van der Waals surface area contributed by atoms with Crippen molar-refractivity contribution in [3.05, 3.63) is 30.1 Å². The van der Waals surface area contributed by atoms with Gasteiger partial charge >= 0.3 is 5.97 Å². The molecule has 0 atom stereocenters. The van der Waals surface area contributed by atoms with E-state index in [1.165, 1.54) is 0 Å². The summed E-state index contributed by atoms with van der Waals surface area (Å²) in [6, 6.07) is 7.11. The summed E-state index contributed by atoms with van der Waals surface area (Å²) >= 11 is 0. The van der Waals surface area contributed by atoms with Crippen LogP contribution in [0.1, 0.15) is 5.82 Å². The second kappa shape index (κ2) is 4.17. The Bertz CT molecular complexity index is 627. The molecule has 0 saturated heterocycles. The van der Waals surface area contributed by atoms with Crippen molar-refractivity contribution in [1.29, 1.82) is 0 Å². The number of fused-ring (bicyclic) bond motifs is 1. The molecular weight excluding hydrogens is 244 g/mol. The molecule has 17 heavy (non-hydrogen) atoms. The number of H-pyrrole nitrogens is 1. The van der Waals surface area contributed by atoms with Crippen LogP contribution in [0.5, 0.6) is 0 Å². The van der Waals surface area contributed by atoms with E-state index in [0.29, 0.717) is 5.52 Å². The van der Waals surface area contributed by atoms with Crippen molar-refractivity contribution < 1.29 is 18.3 Å². The first-order chi connectivity index (χ1) is 7.96. The number of aromatic nitrogens is 2. The minimum absolute atomic E-state index is 0.257. The van der Waals surface area contributed by atoms with Gasteiger partial charge < -0.3 is 10.1 Å². The van der Waals surface area contributed by atoms with Gasteiger partial charge in [0, 0.05) is 0 Å². The Kier molecular flexibility index (Phi) is 2.84. The number of carboxylic acid groups (broad SMARTS) is 1. The van der Waals surface area contributed by atoms with Crippen molar-refractivity contribution in [2.75, 3.05) is 5.75 Å². The number of rotatable bonds is 4. The van der Waals surface area contributed by atoms with Gasteiger partial charge in [0.2, 0.25) is 0 Å². The molecule has 1 aromatic carbocycles. The molecular formula is C10H10N2O4S. The van der Waals surface area contributed by atoms with Gasteiger partial charge in [-0.05, 0) is 12.1 Å². The van der Waals surface area contributed by atoms with Gasteiger partial charge in [0.15, 0.2) is 9.84 Å². The maximum absolute atomic E-state index is 11.4. The van der Waals surface area contributed by atoms with Gasteiger partial charge in [-0.2, -0.15) is 0 Å². The molecule has 2 rings (SSSR count). The van der Waals surface area contributed by atoms with Gasteiger partial charge in [0.05, 0.1) is 11.0 Å². The van der Waals surface area contributed by atoms with Crippen LogP contribution in [-0.4, -0.2) is 35.2 Å². The second-order valence-electron chi connectivity index (χ2n) is 3.63. The van der Waals surface area contributed by atoms with Crippen LogP contribution in [0.25, 0.3) is 11.0 Å². The molecule has 0 amide bonds. The monoisotopic (exact) mass is 254 g/mol. The van der Waals surface area contributed by atoms with E-state index in [2.05, 4.69) is 9.97 Å². The lowest BCUT2D eigenvalue weighted by Crippen LogP contribution is -2.17.